The first-order valence-electron chi connectivity index (χ1n) is 10.5. The van der Waals surface area contributed by atoms with Gasteiger partial charge in [0.1, 0.15) is 5.75 Å². The van der Waals surface area contributed by atoms with E-state index >= 15 is 0 Å². The minimum Gasteiger partial charge on any atom is -0.496 e. The molecule has 0 aromatic heterocycles. The molecule has 1 aliphatic rings. The third-order valence-corrected chi connectivity index (χ3v) is 6.25. The Morgan fingerprint density at radius 3 is 2.71 bits per heavy atom. The summed E-state index contributed by atoms with van der Waals surface area (Å²) in [6.45, 7) is 1.03. The van der Waals surface area contributed by atoms with E-state index in [1.54, 1.807) is 7.11 Å². The van der Waals surface area contributed by atoms with Gasteiger partial charge in [0.05, 0.1) is 13.2 Å². The molecular formula is C25H25BrN2O3. The molecule has 0 saturated carbocycles. The lowest BCUT2D eigenvalue weighted by Crippen LogP contribution is -2.34. The van der Waals surface area contributed by atoms with Crippen LogP contribution >= 0.6 is 15.9 Å². The third-order valence-electron chi connectivity index (χ3n) is 5.76. The number of rotatable bonds is 6. The summed E-state index contributed by atoms with van der Waals surface area (Å²) in [5.74, 6) is 0.672. The normalized spacial score (nSPS) is 15.8. The Labute approximate surface area is 190 Å². The van der Waals surface area contributed by atoms with E-state index in [-0.39, 0.29) is 24.3 Å². The fourth-order valence-corrected chi connectivity index (χ4v) is 4.59. The second-order valence-electron chi connectivity index (χ2n) is 7.70. The summed E-state index contributed by atoms with van der Waals surface area (Å²) in [4.78, 5) is 27.4. The van der Waals surface area contributed by atoms with E-state index in [9.17, 15) is 9.59 Å². The largest absolute Gasteiger partial charge is 0.496 e. The van der Waals surface area contributed by atoms with E-state index in [0.29, 0.717) is 12.1 Å². The van der Waals surface area contributed by atoms with Crippen molar-refractivity contribution in [2.45, 2.75) is 25.3 Å². The minimum absolute atomic E-state index is 0.00357. The summed E-state index contributed by atoms with van der Waals surface area (Å²) >= 11 is 3.52. The maximum absolute atomic E-state index is 12.9. The molecule has 1 fully saturated rings. The molecule has 0 spiro atoms. The molecule has 160 valence electrons. The third kappa shape index (κ3) is 4.74. The number of hydrogen-bond donors (Lipinski definition) is 1. The molecule has 1 unspecified atom stereocenters. The van der Waals surface area contributed by atoms with E-state index < -0.39 is 0 Å². The van der Waals surface area contributed by atoms with Crippen LogP contribution in [0, 0.1) is 0 Å². The lowest BCUT2D eigenvalue weighted by atomic mass is 10.0. The van der Waals surface area contributed by atoms with E-state index in [2.05, 4.69) is 21.2 Å². The van der Waals surface area contributed by atoms with Crippen LogP contribution in [0.1, 0.15) is 41.2 Å². The maximum Gasteiger partial charge on any atom is 0.251 e. The van der Waals surface area contributed by atoms with E-state index in [4.69, 9.17) is 4.74 Å². The molecule has 0 bridgehead atoms. The first-order valence-corrected chi connectivity index (χ1v) is 11.3. The van der Waals surface area contributed by atoms with E-state index in [0.717, 1.165) is 45.9 Å². The van der Waals surface area contributed by atoms with Gasteiger partial charge < -0.3 is 15.0 Å². The lowest BCUT2D eigenvalue weighted by Gasteiger charge is -2.26. The van der Waals surface area contributed by atoms with Crippen LogP contribution in [0.25, 0.3) is 10.8 Å². The standard InChI is InChI=1S/C25H25BrN2O3/c1-31-23-11-10-20(26)16-21(23)22-7-4-14-28(22)24(29)12-13-27-25(30)19-9-8-17-5-2-3-6-18(17)15-19/h2-3,5-6,8-11,15-16,22H,4,7,12-14H2,1H3,(H,27,30). The highest BCUT2D eigenvalue weighted by Crippen LogP contribution is 2.38. The van der Waals surface area contributed by atoms with Crippen molar-refractivity contribution in [1.82, 2.24) is 10.2 Å². The predicted molar refractivity (Wildman–Crippen MR) is 125 cm³/mol. The fraction of sp³-hybridized carbons (Fsp3) is 0.280. The first-order chi connectivity index (χ1) is 15.1. The summed E-state index contributed by atoms with van der Waals surface area (Å²) in [5, 5.41) is 5.00. The summed E-state index contributed by atoms with van der Waals surface area (Å²) in [5.41, 5.74) is 1.62. The number of carbonyl (C=O) groups excluding carboxylic acids is 2. The zero-order valence-corrected chi connectivity index (χ0v) is 19.0. The summed E-state index contributed by atoms with van der Waals surface area (Å²) in [7, 11) is 1.65. The van der Waals surface area contributed by atoms with Gasteiger partial charge in [0.2, 0.25) is 5.91 Å². The van der Waals surface area contributed by atoms with Gasteiger partial charge in [-0.05, 0) is 53.9 Å². The van der Waals surface area contributed by atoms with Gasteiger partial charge in [0.15, 0.2) is 0 Å². The fourth-order valence-electron chi connectivity index (χ4n) is 4.21. The molecule has 1 saturated heterocycles. The Morgan fingerprint density at radius 2 is 1.90 bits per heavy atom. The Morgan fingerprint density at radius 1 is 1.10 bits per heavy atom. The maximum atomic E-state index is 12.9. The SMILES string of the molecule is COc1ccc(Br)cc1C1CCCN1C(=O)CCNC(=O)c1ccc2ccccc2c1. The second-order valence-corrected chi connectivity index (χ2v) is 8.61. The van der Waals surface area contributed by atoms with Gasteiger partial charge in [0.25, 0.3) is 5.91 Å². The summed E-state index contributed by atoms with van der Waals surface area (Å²) < 4.78 is 6.48. The summed E-state index contributed by atoms with van der Waals surface area (Å²) in [6, 6.07) is 19.4. The van der Waals surface area contributed by atoms with Gasteiger partial charge in [-0.15, -0.1) is 0 Å². The Bertz CT molecular complexity index is 1110. The molecule has 2 amide bonds. The van der Waals surface area contributed by atoms with Gasteiger partial charge in [0, 0.05) is 35.1 Å². The van der Waals surface area contributed by atoms with Crippen molar-refractivity contribution in [1.29, 1.82) is 0 Å². The van der Waals surface area contributed by atoms with Crippen LogP contribution in [0.15, 0.2) is 65.1 Å². The molecule has 1 atom stereocenters. The number of carbonyl (C=O) groups is 2. The Balaban J connectivity index is 1.37. The smallest absolute Gasteiger partial charge is 0.251 e. The molecule has 3 aromatic rings. The van der Waals surface area contributed by atoms with Gasteiger partial charge in [-0.3, -0.25) is 9.59 Å². The molecule has 0 aliphatic carbocycles. The molecule has 5 nitrogen and oxygen atoms in total. The number of nitrogens with zero attached hydrogens (tertiary/aromatic N) is 1. The molecule has 3 aromatic carbocycles. The van der Waals surface area contributed by atoms with Crippen molar-refractivity contribution in [3.63, 3.8) is 0 Å². The molecular weight excluding hydrogens is 456 g/mol. The van der Waals surface area contributed by atoms with Crippen LogP contribution < -0.4 is 10.1 Å². The van der Waals surface area contributed by atoms with Gasteiger partial charge in [-0.25, -0.2) is 0 Å². The highest BCUT2D eigenvalue weighted by atomic mass is 79.9. The van der Waals surface area contributed by atoms with Crippen molar-refractivity contribution in [2.24, 2.45) is 0 Å². The summed E-state index contributed by atoms with van der Waals surface area (Å²) in [6.07, 6.45) is 2.13. The number of ether oxygens (including phenoxy) is 1. The second kappa shape index (κ2) is 9.52. The van der Waals surface area contributed by atoms with Crippen LogP contribution in [0.3, 0.4) is 0 Å². The molecule has 31 heavy (non-hydrogen) atoms. The number of amides is 2. The van der Waals surface area contributed by atoms with Crippen molar-refractivity contribution in [3.05, 3.63) is 76.3 Å². The zero-order chi connectivity index (χ0) is 21.8. The molecule has 0 radical (unpaired) electrons. The molecule has 6 heteroatoms. The van der Waals surface area contributed by atoms with Crippen LogP contribution in [-0.2, 0) is 4.79 Å². The zero-order valence-electron chi connectivity index (χ0n) is 17.4. The quantitative estimate of drug-likeness (QED) is 0.534. The Hall–Kier alpha value is -2.86. The number of methoxy groups -OCH3 is 1. The topological polar surface area (TPSA) is 58.6 Å². The van der Waals surface area contributed by atoms with Crippen LogP contribution in [0.4, 0.5) is 0 Å². The van der Waals surface area contributed by atoms with Crippen molar-refractivity contribution in [2.75, 3.05) is 20.2 Å². The number of fused-ring (bicyclic) bond motifs is 1. The van der Waals surface area contributed by atoms with Crippen molar-refractivity contribution in [3.8, 4) is 5.75 Å². The number of nitrogens with one attached hydrogen (secondary N) is 1. The Kier molecular flexibility index (Phi) is 6.56. The number of benzene rings is 3. The number of halogens is 1. The van der Waals surface area contributed by atoms with Crippen LogP contribution in [0.2, 0.25) is 0 Å². The number of hydrogen-bond acceptors (Lipinski definition) is 3. The highest BCUT2D eigenvalue weighted by Gasteiger charge is 2.31. The predicted octanol–water partition coefficient (Wildman–Crippen LogP) is 5.09. The average Bonchev–Trinajstić information content (AvgIpc) is 3.28. The van der Waals surface area contributed by atoms with Crippen LogP contribution in [0.5, 0.6) is 5.75 Å². The molecule has 1 aliphatic heterocycles. The van der Waals surface area contributed by atoms with Gasteiger partial charge in [-0.1, -0.05) is 46.3 Å². The molecule has 1 N–H and O–H groups in total. The van der Waals surface area contributed by atoms with Gasteiger partial charge >= 0.3 is 0 Å². The van der Waals surface area contributed by atoms with Gasteiger partial charge in [-0.2, -0.15) is 0 Å². The minimum atomic E-state index is -0.162. The first kappa shape index (κ1) is 21.4. The highest BCUT2D eigenvalue weighted by molar-refractivity contribution is 9.10. The van der Waals surface area contributed by atoms with Crippen molar-refractivity contribution >= 4 is 38.5 Å². The molecule has 1 heterocycles. The van der Waals surface area contributed by atoms with Crippen molar-refractivity contribution < 1.29 is 14.3 Å². The number of likely N-dealkylation sites (tertiary alicyclic amines) is 1. The van der Waals surface area contributed by atoms with E-state index in [1.807, 2.05) is 65.6 Å². The average molecular weight is 481 g/mol. The van der Waals surface area contributed by atoms with E-state index in [1.165, 1.54) is 0 Å². The van der Waals surface area contributed by atoms with Crippen LogP contribution in [-0.4, -0.2) is 36.9 Å². The molecule has 4 rings (SSSR count). The monoisotopic (exact) mass is 480 g/mol. The lowest BCUT2D eigenvalue weighted by molar-refractivity contribution is -0.132.